The van der Waals surface area contributed by atoms with Gasteiger partial charge in [0.05, 0.1) is 19.4 Å². The molecule has 0 aliphatic carbocycles. The van der Waals surface area contributed by atoms with Crippen LogP contribution in [0.5, 0.6) is 5.75 Å². The highest BCUT2D eigenvalue weighted by molar-refractivity contribution is 5.59. The summed E-state index contributed by atoms with van der Waals surface area (Å²) in [4.78, 5) is 11.7. The molecule has 24 heavy (non-hydrogen) atoms. The zero-order valence-electron chi connectivity index (χ0n) is 14.2. The second-order valence-corrected chi connectivity index (χ2v) is 6.03. The fraction of sp³-hybridized carbons (Fsp3) is 0.444. The van der Waals surface area contributed by atoms with Crippen LogP contribution in [0.4, 0.5) is 5.82 Å². The summed E-state index contributed by atoms with van der Waals surface area (Å²) in [6.45, 7) is 2.31. The molecule has 0 unspecified atom stereocenters. The molecule has 2 heterocycles. The third kappa shape index (κ3) is 3.83. The molecular weight excluding hydrogens is 304 g/mol. The average Bonchev–Trinajstić information content (AvgIpc) is 2.62. The molecule has 0 saturated carbocycles. The number of hydrogen-bond donors (Lipinski definition) is 1. The van der Waals surface area contributed by atoms with Gasteiger partial charge in [-0.2, -0.15) is 0 Å². The number of methoxy groups -OCH3 is 2. The molecule has 0 bridgehead atoms. The Balaban J connectivity index is 1.92. The number of rotatable bonds is 5. The molecule has 1 aromatic carbocycles. The molecule has 0 spiro atoms. The lowest BCUT2D eigenvalue weighted by Crippen LogP contribution is -2.40. The molecule has 1 fully saturated rings. The quantitative estimate of drug-likeness (QED) is 0.907. The van der Waals surface area contributed by atoms with Gasteiger partial charge < -0.3 is 20.1 Å². The van der Waals surface area contributed by atoms with E-state index >= 15 is 0 Å². The van der Waals surface area contributed by atoms with Crippen LogP contribution in [0, 0.1) is 0 Å². The first kappa shape index (κ1) is 16.7. The molecule has 6 heteroatoms. The van der Waals surface area contributed by atoms with Gasteiger partial charge in [0.25, 0.3) is 0 Å². The Hall–Kier alpha value is -2.18. The van der Waals surface area contributed by atoms with Gasteiger partial charge in [-0.1, -0.05) is 0 Å². The molecule has 0 amide bonds. The lowest BCUT2D eigenvalue weighted by molar-refractivity contribution is 0.181. The number of hydrogen-bond acceptors (Lipinski definition) is 6. The molecule has 1 aliphatic heterocycles. The molecule has 1 aliphatic rings. The Morgan fingerprint density at radius 3 is 2.46 bits per heavy atom. The van der Waals surface area contributed by atoms with Gasteiger partial charge in [-0.25, -0.2) is 9.97 Å². The van der Waals surface area contributed by atoms with Crippen LogP contribution >= 0.6 is 0 Å². The van der Waals surface area contributed by atoms with Gasteiger partial charge in [0.2, 0.25) is 0 Å². The van der Waals surface area contributed by atoms with Gasteiger partial charge in [-0.15, -0.1) is 0 Å². The summed E-state index contributed by atoms with van der Waals surface area (Å²) in [5, 5.41) is 0. The first-order chi connectivity index (χ1) is 11.7. The molecule has 3 rings (SSSR count). The van der Waals surface area contributed by atoms with E-state index in [1.54, 1.807) is 14.2 Å². The van der Waals surface area contributed by atoms with E-state index in [0.717, 1.165) is 48.8 Å². The number of aromatic nitrogens is 2. The Kier molecular flexibility index (Phi) is 5.27. The zero-order valence-corrected chi connectivity index (χ0v) is 14.2. The molecule has 128 valence electrons. The van der Waals surface area contributed by atoms with E-state index in [0.29, 0.717) is 18.5 Å². The van der Waals surface area contributed by atoms with E-state index in [1.165, 1.54) is 0 Å². The lowest BCUT2D eigenvalue weighted by atomic mass is 10.1. The predicted molar refractivity (Wildman–Crippen MR) is 94.2 cm³/mol. The third-order valence-electron chi connectivity index (χ3n) is 4.27. The largest absolute Gasteiger partial charge is 0.497 e. The van der Waals surface area contributed by atoms with E-state index in [-0.39, 0.29) is 0 Å². The zero-order chi connectivity index (χ0) is 16.9. The molecule has 1 aromatic heterocycles. The van der Waals surface area contributed by atoms with Crippen molar-refractivity contribution in [3.05, 3.63) is 36.0 Å². The van der Waals surface area contributed by atoms with Crippen LogP contribution in [0.3, 0.4) is 0 Å². The van der Waals surface area contributed by atoms with Crippen molar-refractivity contribution in [1.82, 2.24) is 9.97 Å². The number of anilines is 1. The van der Waals surface area contributed by atoms with Gasteiger partial charge in [-0.05, 0) is 37.1 Å². The van der Waals surface area contributed by atoms with Gasteiger partial charge >= 0.3 is 0 Å². The average molecular weight is 328 g/mol. The minimum atomic E-state index is 0.294. The van der Waals surface area contributed by atoms with Crippen LogP contribution < -0.4 is 15.4 Å². The highest BCUT2D eigenvalue weighted by Crippen LogP contribution is 2.24. The SMILES string of the molecule is COCc1cc(N2CCC(N)CC2)nc(-c2ccc(OC)cc2)n1. The van der Waals surface area contributed by atoms with Crippen LogP contribution in [-0.4, -0.2) is 43.3 Å². The highest BCUT2D eigenvalue weighted by atomic mass is 16.5. The van der Waals surface area contributed by atoms with E-state index in [2.05, 4.69) is 9.88 Å². The highest BCUT2D eigenvalue weighted by Gasteiger charge is 2.19. The summed E-state index contributed by atoms with van der Waals surface area (Å²) in [7, 11) is 3.33. The third-order valence-corrected chi connectivity index (χ3v) is 4.27. The van der Waals surface area contributed by atoms with Crippen molar-refractivity contribution in [3.8, 4) is 17.1 Å². The number of ether oxygens (including phenoxy) is 2. The first-order valence-electron chi connectivity index (χ1n) is 8.21. The Labute approximate surface area is 142 Å². The molecule has 6 nitrogen and oxygen atoms in total. The van der Waals surface area contributed by atoms with Gasteiger partial charge in [0.15, 0.2) is 5.82 Å². The maximum Gasteiger partial charge on any atom is 0.161 e. The second-order valence-electron chi connectivity index (χ2n) is 6.03. The first-order valence-corrected chi connectivity index (χ1v) is 8.21. The monoisotopic (exact) mass is 328 g/mol. The summed E-state index contributed by atoms with van der Waals surface area (Å²) < 4.78 is 10.5. The van der Waals surface area contributed by atoms with Crippen LogP contribution in [0.1, 0.15) is 18.5 Å². The summed E-state index contributed by atoms with van der Waals surface area (Å²) in [5.74, 6) is 2.46. The van der Waals surface area contributed by atoms with Gasteiger partial charge in [0.1, 0.15) is 11.6 Å². The van der Waals surface area contributed by atoms with Crippen molar-refractivity contribution < 1.29 is 9.47 Å². The van der Waals surface area contributed by atoms with Crippen molar-refractivity contribution in [2.75, 3.05) is 32.2 Å². The standard InChI is InChI=1S/C18H24N4O2/c1-23-12-15-11-17(22-9-7-14(19)8-10-22)21-18(20-15)13-3-5-16(24-2)6-4-13/h3-6,11,14H,7-10,12,19H2,1-2H3. The van der Waals surface area contributed by atoms with E-state index in [1.807, 2.05) is 30.3 Å². The van der Waals surface area contributed by atoms with Crippen LogP contribution in [0.25, 0.3) is 11.4 Å². The number of nitrogens with two attached hydrogens (primary N) is 1. The molecular formula is C18H24N4O2. The van der Waals surface area contributed by atoms with Crippen LogP contribution in [-0.2, 0) is 11.3 Å². The molecule has 0 radical (unpaired) electrons. The van der Waals surface area contributed by atoms with Crippen LogP contribution in [0.2, 0.25) is 0 Å². The summed E-state index contributed by atoms with van der Waals surface area (Å²) >= 11 is 0. The predicted octanol–water partition coefficient (Wildman–Crippen LogP) is 2.23. The van der Waals surface area contributed by atoms with Crippen molar-refractivity contribution >= 4 is 5.82 Å². The second kappa shape index (κ2) is 7.59. The van der Waals surface area contributed by atoms with Crippen molar-refractivity contribution in [2.45, 2.75) is 25.5 Å². The topological polar surface area (TPSA) is 73.5 Å². The summed E-state index contributed by atoms with van der Waals surface area (Å²) in [5.41, 5.74) is 7.85. The minimum absolute atomic E-state index is 0.294. The van der Waals surface area contributed by atoms with Gasteiger partial charge in [0, 0.05) is 37.9 Å². The minimum Gasteiger partial charge on any atom is -0.497 e. The smallest absolute Gasteiger partial charge is 0.161 e. The van der Waals surface area contributed by atoms with Crippen molar-refractivity contribution in [3.63, 3.8) is 0 Å². The fourth-order valence-electron chi connectivity index (χ4n) is 2.86. The fourth-order valence-corrected chi connectivity index (χ4v) is 2.86. The maximum atomic E-state index is 6.01. The number of piperidine rings is 1. The summed E-state index contributed by atoms with van der Waals surface area (Å²) in [6.07, 6.45) is 1.98. The number of benzene rings is 1. The van der Waals surface area contributed by atoms with E-state index in [4.69, 9.17) is 20.2 Å². The van der Waals surface area contributed by atoms with Crippen molar-refractivity contribution in [1.29, 1.82) is 0 Å². The Morgan fingerprint density at radius 2 is 1.83 bits per heavy atom. The van der Waals surface area contributed by atoms with Crippen molar-refractivity contribution in [2.24, 2.45) is 5.73 Å². The molecule has 1 saturated heterocycles. The van der Waals surface area contributed by atoms with E-state index in [9.17, 15) is 0 Å². The van der Waals surface area contributed by atoms with Crippen LogP contribution in [0.15, 0.2) is 30.3 Å². The Bertz CT molecular complexity index is 667. The molecule has 0 atom stereocenters. The Morgan fingerprint density at radius 1 is 1.12 bits per heavy atom. The normalized spacial score (nSPS) is 15.5. The van der Waals surface area contributed by atoms with E-state index < -0.39 is 0 Å². The maximum absolute atomic E-state index is 6.01. The summed E-state index contributed by atoms with van der Waals surface area (Å²) in [6, 6.07) is 10.1. The van der Waals surface area contributed by atoms with Gasteiger partial charge in [-0.3, -0.25) is 0 Å². The number of nitrogens with zero attached hydrogens (tertiary/aromatic N) is 3. The molecule has 2 aromatic rings. The lowest BCUT2D eigenvalue weighted by Gasteiger charge is -2.31. The molecule has 2 N–H and O–H groups in total.